The van der Waals surface area contributed by atoms with E-state index in [1.807, 2.05) is 0 Å². The van der Waals surface area contributed by atoms with Gasteiger partial charge in [-0.25, -0.2) is 17.9 Å². The second-order valence-corrected chi connectivity index (χ2v) is 5.78. The molecule has 2 atom stereocenters. The number of carbonyl (C=O) groups is 1. The van der Waals surface area contributed by atoms with Gasteiger partial charge in [0.15, 0.2) is 0 Å². The molecule has 1 fully saturated rings. The molecule has 1 aliphatic carbocycles. The van der Waals surface area contributed by atoms with Crippen molar-refractivity contribution >= 4 is 16.0 Å². The van der Waals surface area contributed by atoms with Gasteiger partial charge in [-0.3, -0.25) is 0 Å². The largest absolute Gasteiger partial charge is 0.458 e. The number of nitrogens with one attached hydrogen (secondary N) is 1. The van der Waals surface area contributed by atoms with Gasteiger partial charge in [-0.1, -0.05) is 6.58 Å². The van der Waals surface area contributed by atoms with Crippen molar-refractivity contribution in [2.45, 2.75) is 38.3 Å². The van der Waals surface area contributed by atoms with Gasteiger partial charge in [-0.05, 0) is 26.2 Å². The fourth-order valence-corrected chi connectivity index (χ4v) is 2.61. The highest BCUT2D eigenvalue weighted by Gasteiger charge is 2.32. The lowest BCUT2D eigenvalue weighted by Gasteiger charge is -2.20. The number of hydrogen-bond donors (Lipinski definition) is 1. The van der Waals surface area contributed by atoms with Crippen LogP contribution in [0.5, 0.6) is 0 Å². The fourth-order valence-electron chi connectivity index (χ4n) is 1.71. The molecule has 1 N–H and O–H groups in total. The second kappa shape index (κ2) is 5.45. The van der Waals surface area contributed by atoms with Gasteiger partial charge in [0, 0.05) is 6.08 Å². The molecule has 0 saturated heterocycles. The molecule has 5 nitrogen and oxygen atoms in total. The molecule has 92 valence electrons. The first kappa shape index (κ1) is 13.2. The van der Waals surface area contributed by atoms with E-state index in [1.54, 1.807) is 6.92 Å². The normalized spacial score (nSPS) is 25.3. The Bertz CT molecular complexity index is 363. The predicted molar refractivity (Wildman–Crippen MR) is 60.3 cm³/mol. The predicted octanol–water partition coefficient (Wildman–Crippen LogP) is 0.576. The first-order valence-electron chi connectivity index (χ1n) is 5.31. The number of hydrogen-bond acceptors (Lipinski definition) is 4. The number of carbonyl (C=O) groups excluding carboxylic acids is 1. The van der Waals surface area contributed by atoms with Crippen LogP contribution in [0, 0.1) is 0 Å². The van der Waals surface area contributed by atoms with Crippen LogP contribution in [0.2, 0.25) is 0 Å². The van der Waals surface area contributed by atoms with Crippen LogP contribution < -0.4 is 4.72 Å². The Balaban J connectivity index is 2.59. The minimum atomic E-state index is -3.25. The molecule has 0 aromatic carbocycles. The summed E-state index contributed by atoms with van der Waals surface area (Å²) >= 11 is 0. The summed E-state index contributed by atoms with van der Waals surface area (Å²) in [5.41, 5.74) is 0. The third-order valence-electron chi connectivity index (χ3n) is 2.60. The molecular weight excluding hydrogens is 230 g/mol. The van der Waals surface area contributed by atoms with Crippen molar-refractivity contribution in [1.82, 2.24) is 4.72 Å². The SMILES string of the molecule is C=CC(=O)OC1CCCC1NS(=O)(=O)CC. The van der Waals surface area contributed by atoms with Crippen LogP contribution in [-0.4, -0.2) is 32.3 Å². The smallest absolute Gasteiger partial charge is 0.330 e. The van der Waals surface area contributed by atoms with E-state index in [2.05, 4.69) is 11.3 Å². The van der Waals surface area contributed by atoms with Crippen molar-refractivity contribution in [2.75, 3.05) is 5.75 Å². The van der Waals surface area contributed by atoms with E-state index >= 15 is 0 Å². The Kier molecular flexibility index (Phi) is 4.49. The van der Waals surface area contributed by atoms with Crippen LogP contribution >= 0.6 is 0 Å². The van der Waals surface area contributed by atoms with Crippen molar-refractivity contribution in [3.8, 4) is 0 Å². The first-order valence-corrected chi connectivity index (χ1v) is 6.96. The third-order valence-corrected chi connectivity index (χ3v) is 4.02. The van der Waals surface area contributed by atoms with Crippen LogP contribution in [0.25, 0.3) is 0 Å². The fraction of sp³-hybridized carbons (Fsp3) is 0.700. The lowest BCUT2D eigenvalue weighted by atomic mass is 10.2. The van der Waals surface area contributed by atoms with E-state index in [1.165, 1.54) is 0 Å². The summed E-state index contributed by atoms with van der Waals surface area (Å²) in [6.07, 6.45) is 2.97. The monoisotopic (exact) mass is 247 g/mol. The summed E-state index contributed by atoms with van der Waals surface area (Å²) in [6.45, 7) is 4.88. The van der Waals surface area contributed by atoms with E-state index in [0.29, 0.717) is 12.8 Å². The van der Waals surface area contributed by atoms with Gasteiger partial charge in [-0.2, -0.15) is 0 Å². The Hall–Kier alpha value is -0.880. The minimum Gasteiger partial charge on any atom is -0.458 e. The standard InChI is InChI=1S/C10H17NO4S/c1-3-10(12)15-9-7-5-6-8(9)11-16(13,14)4-2/h3,8-9,11H,1,4-7H2,2H3. The average Bonchev–Trinajstić information content (AvgIpc) is 2.65. The molecule has 0 aromatic heterocycles. The average molecular weight is 247 g/mol. The van der Waals surface area contributed by atoms with Crippen LogP contribution in [-0.2, 0) is 19.6 Å². The van der Waals surface area contributed by atoms with Gasteiger partial charge in [0.05, 0.1) is 11.8 Å². The highest BCUT2D eigenvalue weighted by molar-refractivity contribution is 7.89. The molecule has 0 heterocycles. The summed E-state index contributed by atoms with van der Waals surface area (Å²) in [5, 5.41) is 0. The van der Waals surface area contributed by atoms with Crippen LogP contribution in [0.3, 0.4) is 0 Å². The van der Waals surface area contributed by atoms with E-state index in [9.17, 15) is 13.2 Å². The maximum atomic E-state index is 11.4. The molecule has 16 heavy (non-hydrogen) atoms. The van der Waals surface area contributed by atoms with Crippen LogP contribution in [0.15, 0.2) is 12.7 Å². The van der Waals surface area contributed by atoms with Crippen molar-refractivity contribution in [3.05, 3.63) is 12.7 Å². The zero-order valence-corrected chi connectivity index (χ0v) is 10.1. The number of ether oxygens (including phenoxy) is 1. The molecule has 1 rings (SSSR count). The summed E-state index contributed by atoms with van der Waals surface area (Å²) in [7, 11) is -3.25. The molecule has 0 aliphatic heterocycles. The summed E-state index contributed by atoms with van der Waals surface area (Å²) in [4.78, 5) is 11.0. The van der Waals surface area contributed by atoms with Crippen LogP contribution in [0.1, 0.15) is 26.2 Å². The van der Waals surface area contributed by atoms with Gasteiger partial charge < -0.3 is 4.74 Å². The van der Waals surface area contributed by atoms with Gasteiger partial charge in [0.1, 0.15) is 6.10 Å². The minimum absolute atomic E-state index is 0.0334. The van der Waals surface area contributed by atoms with E-state index < -0.39 is 16.0 Å². The van der Waals surface area contributed by atoms with E-state index in [4.69, 9.17) is 4.74 Å². The lowest BCUT2D eigenvalue weighted by Crippen LogP contribution is -2.42. The third kappa shape index (κ3) is 3.61. The Morgan fingerprint density at radius 2 is 2.25 bits per heavy atom. The van der Waals surface area contributed by atoms with Crippen molar-refractivity contribution in [1.29, 1.82) is 0 Å². The van der Waals surface area contributed by atoms with Crippen LogP contribution in [0.4, 0.5) is 0 Å². The number of sulfonamides is 1. The van der Waals surface area contributed by atoms with Gasteiger partial charge >= 0.3 is 5.97 Å². The van der Waals surface area contributed by atoms with E-state index in [-0.39, 0.29) is 17.9 Å². The zero-order valence-electron chi connectivity index (χ0n) is 9.31. The van der Waals surface area contributed by atoms with Crippen molar-refractivity contribution in [2.24, 2.45) is 0 Å². The quantitative estimate of drug-likeness (QED) is 0.569. The Morgan fingerprint density at radius 1 is 1.56 bits per heavy atom. The highest BCUT2D eigenvalue weighted by Crippen LogP contribution is 2.23. The molecule has 2 unspecified atom stereocenters. The molecule has 0 radical (unpaired) electrons. The number of esters is 1. The Morgan fingerprint density at radius 3 is 2.81 bits per heavy atom. The second-order valence-electron chi connectivity index (χ2n) is 3.74. The highest BCUT2D eigenvalue weighted by atomic mass is 32.2. The number of rotatable bonds is 5. The van der Waals surface area contributed by atoms with Gasteiger partial charge in [0.2, 0.25) is 10.0 Å². The maximum absolute atomic E-state index is 11.4. The summed E-state index contributed by atoms with van der Waals surface area (Å²) in [5.74, 6) is -0.473. The molecule has 6 heteroatoms. The van der Waals surface area contributed by atoms with Crippen molar-refractivity contribution < 1.29 is 17.9 Å². The molecule has 0 amide bonds. The topological polar surface area (TPSA) is 72.5 Å². The molecule has 0 aromatic rings. The first-order chi connectivity index (χ1) is 7.48. The molecular formula is C10H17NO4S. The van der Waals surface area contributed by atoms with E-state index in [0.717, 1.165) is 12.5 Å². The molecule has 0 spiro atoms. The Labute approximate surface area is 95.9 Å². The molecule has 0 bridgehead atoms. The van der Waals surface area contributed by atoms with Gasteiger partial charge in [0.25, 0.3) is 0 Å². The summed E-state index contributed by atoms with van der Waals surface area (Å²) in [6, 6.07) is -0.297. The molecule has 1 aliphatic rings. The van der Waals surface area contributed by atoms with Crippen molar-refractivity contribution in [3.63, 3.8) is 0 Å². The van der Waals surface area contributed by atoms with Gasteiger partial charge in [-0.15, -0.1) is 0 Å². The lowest BCUT2D eigenvalue weighted by molar-refractivity contribution is -0.143. The zero-order chi connectivity index (χ0) is 12.2. The maximum Gasteiger partial charge on any atom is 0.330 e. The summed E-state index contributed by atoms with van der Waals surface area (Å²) < 4.78 is 30.4. The molecule has 1 saturated carbocycles.